The minimum absolute atomic E-state index is 0.137. The fourth-order valence-corrected chi connectivity index (χ4v) is 3.52. The standard InChI is InChI=1S/C19H24N6O2/c1-11(2)17-24-23-16-9-27-10-19(4,25(16)17)18(26)20-8-15-21-13-6-5-12(3)7-14(13)22-15/h5-7,11H,8-10H2,1-4H3,(H,20,26)(H,21,22). The zero-order valence-corrected chi connectivity index (χ0v) is 16.0. The summed E-state index contributed by atoms with van der Waals surface area (Å²) in [5, 5.41) is 11.5. The molecule has 1 atom stereocenters. The fraction of sp³-hybridized carbons (Fsp3) is 0.474. The molecule has 27 heavy (non-hydrogen) atoms. The topological polar surface area (TPSA) is 97.7 Å². The van der Waals surface area contributed by atoms with Crippen LogP contribution < -0.4 is 5.32 Å². The Balaban J connectivity index is 1.57. The Morgan fingerprint density at radius 3 is 3.00 bits per heavy atom. The number of carbonyl (C=O) groups is 1. The van der Waals surface area contributed by atoms with Gasteiger partial charge < -0.3 is 15.0 Å². The van der Waals surface area contributed by atoms with E-state index in [1.807, 2.05) is 50.5 Å². The van der Waals surface area contributed by atoms with Gasteiger partial charge in [0.25, 0.3) is 0 Å². The van der Waals surface area contributed by atoms with Gasteiger partial charge in [0.15, 0.2) is 5.82 Å². The van der Waals surface area contributed by atoms with E-state index >= 15 is 0 Å². The van der Waals surface area contributed by atoms with Crippen molar-refractivity contribution in [2.24, 2.45) is 0 Å². The molecule has 1 aliphatic rings. The molecule has 8 nitrogen and oxygen atoms in total. The molecule has 3 heterocycles. The summed E-state index contributed by atoms with van der Waals surface area (Å²) in [6, 6.07) is 6.04. The maximum Gasteiger partial charge on any atom is 0.248 e. The van der Waals surface area contributed by atoms with Crippen molar-refractivity contribution in [3.63, 3.8) is 0 Å². The average Bonchev–Trinajstić information content (AvgIpc) is 3.23. The van der Waals surface area contributed by atoms with Gasteiger partial charge in [-0.2, -0.15) is 0 Å². The Hall–Kier alpha value is -2.74. The smallest absolute Gasteiger partial charge is 0.248 e. The Kier molecular flexibility index (Phi) is 4.22. The van der Waals surface area contributed by atoms with Gasteiger partial charge in [0, 0.05) is 5.92 Å². The third-order valence-electron chi connectivity index (χ3n) is 4.97. The van der Waals surface area contributed by atoms with Gasteiger partial charge in [-0.05, 0) is 31.5 Å². The van der Waals surface area contributed by atoms with Crippen LogP contribution in [0, 0.1) is 6.92 Å². The first kappa shape index (κ1) is 17.7. The molecule has 1 unspecified atom stereocenters. The third kappa shape index (κ3) is 2.99. The van der Waals surface area contributed by atoms with Crippen LogP contribution in [0.2, 0.25) is 0 Å². The lowest BCUT2D eigenvalue weighted by Crippen LogP contribution is -2.53. The van der Waals surface area contributed by atoms with Crippen molar-refractivity contribution in [2.45, 2.75) is 52.3 Å². The van der Waals surface area contributed by atoms with E-state index in [1.165, 1.54) is 0 Å². The molecular weight excluding hydrogens is 344 g/mol. The van der Waals surface area contributed by atoms with E-state index in [-0.39, 0.29) is 18.4 Å². The van der Waals surface area contributed by atoms with E-state index in [0.717, 1.165) is 28.2 Å². The summed E-state index contributed by atoms with van der Waals surface area (Å²) in [7, 11) is 0. The highest BCUT2D eigenvalue weighted by atomic mass is 16.5. The maximum atomic E-state index is 13.1. The Morgan fingerprint density at radius 1 is 1.41 bits per heavy atom. The summed E-state index contributed by atoms with van der Waals surface area (Å²) in [6.07, 6.45) is 0. The molecular formula is C19H24N6O2. The minimum Gasteiger partial charge on any atom is -0.370 e. The second kappa shape index (κ2) is 6.45. The first-order valence-corrected chi connectivity index (χ1v) is 9.14. The Morgan fingerprint density at radius 2 is 2.22 bits per heavy atom. The molecule has 142 valence electrons. The molecule has 1 aliphatic heterocycles. The van der Waals surface area contributed by atoms with E-state index < -0.39 is 5.54 Å². The minimum atomic E-state index is -0.890. The van der Waals surface area contributed by atoms with Crippen LogP contribution in [-0.2, 0) is 28.2 Å². The van der Waals surface area contributed by atoms with Crippen LogP contribution >= 0.6 is 0 Å². The van der Waals surface area contributed by atoms with Crippen LogP contribution in [0.15, 0.2) is 18.2 Å². The Labute approximate surface area is 157 Å². The normalized spacial score (nSPS) is 19.4. The molecule has 0 saturated heterocycles. The number of benzene rings is 1. The van der Waals surface area contributed by atoms with E-state index in [0.29, 0.717) is 19.0 Å². The zero-order valence-electron chi connectivity index (χ0n) is 16.0. The SMILES string of the molecule is Cc1ccc2nc(CNC(=O)C3(C)COCc4nnc(C(C)C)n43)[nH]c2c1. The third-order valence-corrected chi connectivity index (χ3v) is 4.97. The van der Waals surface area contributed by atoms with Gasteiger partial charge in [0.2, 0.25) is 5.91 Å². The lowest BCUT2D eigenvalue weighted by Gasteiger charge is -2.35. The number of hydrogen-bond acceptors (Lipinski definition) is 5. The molecule has 0 fully saturated rings. The monoisotopic (exact) mass is 368 g/mol. The Bertz CT molecular complexity index is 1000. The van der Waals surface area contributed by atoms with Gasteiger partial charge in [0.05, 0.1) is 24.2 Å². The van der Waals surface area contributed by atoms with Crippen LogP contribution in [-0.4, -0.2) is 37.2 Å². The first-order valence-electron chi connectivity index (χ1n) is 9.14. The predicted octanol–water partition coefficient (Wildman–Crippen LogP) is 2.15. The number of H-pyrrole nitrogens is 1. The number of nitrogens with zero attached hydrogens (tertiary/aromatic N) is 4. The number of aromatic nitrogens is 5. The van der Waals surface area contributed by atoms with Crippen molar-refractivity contribution < 1.29 is 9.53 Å². The number of amides is 1. The molecule has 2 aromatic heterocycles. The molecule has 8 heteroatoms. The second-order valence-electron chi connectivity index (χ2n) is 7.62. The average molecular weight is 368 g/mol. The van der Waals surface area contributed by atoms with Gasteiger partial charge in [-0.3, -0.25) is 9.36 Å². The molecule has 2 N–H and O–H groups in total. The molecule has 3 aromatic rings. The lowest BCUT2D eigenvalue weighted by molar-refractivity contribution is -0.135. The molecule has 4 rings (SSSR count). The molecule has 1 amide bonds. The number of nitrogens with one attached hydrogen (secondary N) is 2. The summed E-state index contributed by atoms with van der Waals surface area (Å²) < 4.78 is 7.56. The van der Waals surface area contributed by atoms with Crippen molar-refractivity contribution in [3.8, 4) is 0 Å². The first-order chi connectivity index (χ1) is 12.9. The fourth-order valence-electron chi connectivity index (χ4n) is 3.52. The van der Waals surface area contributed by atoms with Gasteiger partial charge in [-0.15, -0.1) is 10.2 Å². The lowest BCUT2D eigenvalue weighted by atomic mass is 9.99. The number of aryl methyl sites for hydroxylation is 1. The van der Waals surface area contributed by atoms with Crippen LogP contribution in [0.4, 0.5) is 0 Å². The van der Waals surface area contributed by atoms with E-state index in [9.17, 15) is 4.79 Å². The summed E-state index contributed by atoms with van der Waals surface area (Å²) in [4.78, 5) is 20.9. The van der Waals surface area contributed by atoms with Gasteiger partial charge in [-0.1, -0.05) is 19.9 Å². The van der Waals surface area contributed by atoms with Crippen molar-refractivity contribution >= 4 is 16.9 Å². The number of rotatable bonds is 4. The second-order valence-corrected chi connectivity index (χ2v) is 7.62. The summed E-state index contributed by atoms with van der Waals surface area (Å²) in [6.45, 7) is 8.95. The molecule has 1 aromatic carbocycles. The highest BCUT2D eigenvalue weighted by Crippen LogP contribution is 2.29. The molecule has 0 spiro atoms. The molecule has 0 saturated carbocycles. The van der Waals surface area contributed by atoms with E-state index in [4.69, 9.17) is 4.74 Å². The summed E-state index contributed by atoms with van der Waals surface area (Å²) >= 11 is 0. The van der Waals surface area contributed by atoms with Crippen molar-refractivity contribution in [1.29, 1.82) is 0 Å². The van der Waals surface area contributed by atoms with Gasteiger partial charge in [0.1, 0.15) is 23.8 Å². The van der Waals surface area contributed by atoms with E-state index in [1.54, 1.807) is 0 Å². The van der Waals surface area contributed by atoms with Crippen molar-refractivity contribution in [1.82, 2.24) is 30.0 Å². The largest absolute Gasteiger partial charge is 0.370 e. The molecule has 0 bridgehead atoms. The number of carbonyl (C=O) groups excluding carboxylic acids is 1. The number of hydrogen-bond donors (Lipinski definition) is 2. The molecule has 0 radical (unpaired) electrons. The number of aromatic amines is 1. The van der Waals surface area contributed by atoms with E-state index in [2.05, 4.69) is 25.5 Å². The van der Waals surface area contributed by atoms with Crippen LogP contribution in [0.3, 0.4) is 0 Å². The van der Waals surface area contributed by atoms with Gasteiger partial charge >= 0.3 is 0 Å². The van der Waals surface area contributed by atoms with Crippen molar-refractivity contribution in [2.75, 3.05) is 6.61 Å². The zero-order chi connectivity index (χ0) is 19.2. The van der Waals surface area contributed by atoms with Crippen LogP contribution in [0.5, 0.6) is 0 Å². The quantitative estimate of drug-likeness (QED) is 0.735. The summed E-state index contributed by atoms with van der Waals surface area (Å²) in [5.41, 5.74) is 2.13. The maximum absolute atomic E-state index is 13.1. The van der Waals surface area contributed by atoms with Crippen LogP contribution in [0.25, 0.3) is 11.0 Å². The highest BCUT2D eigenvalue weighted by Gasteiger charge is 2.42. The van der Waals surface area contributed by atoms with Crippen molar-refractivity contribution in [3.05, 3.63) is 41.2 Å². The predicted molar refractivity (Wildman–Crippen MR) is 100 cm³/mol. The number of imidazole rings is 1. The van der Waals surface area contributed by atoms with Crippen LogP contribution in [0.1, 0.15) is 49.7 Å². The number of fused-ring (bicyclic) bond motifs is 2. The number of ether oxygens (including phenoxy) is 1. The summed E-state index contributed by atoms with van der Waals surface area (Å²) in [5.74, 6) is 2.22. The highest BCUT2D eigenvalue weighted by molar-refractivity contribution is 5.84. The molecule has 0 aliphatic carbocycles. The van der Waals surface area contributed by atoms with Gasteiger partial charge in [-0.25, -0.2) is 4.98 Å².